The van der Waals surface area contributed by atoms with E-state index in [0.29, 0.717) is 0 Å². The monoisotopic (exact) mass is 185 g/mol. The molecule has 1 aliphatic carbocycles. The zero-order chi connectivity index (χ0) is 10.0. The summed E-state index contributed by atoms with van der Waals surface area (Å²) in [6.45, 7) is 4.45. The van der Waals surface area contributed by atoms with E-state index in [1.54, 1.807) is 0 Å². The highest BCUT2D eigenvalue weighted by Gasteiger charge is 2.16. The van der Waals surface area contributed by atoms with Gasteiger partial charge in [0.05, 0.1) is 5.69 Å². The molecule has 1 aliphatic rings. The normalized spacial score (nSPS) is 24.4. The molecule has 1 atom stereocenters. The summed E-state index contributed by atoms with van der Waals surface area (Å²) < 4.78 is 0. The van der Waals surface area contributed by atoms with Crippen LogP contribution in [0.15, 0.2) is 30.5 Å². The molecule has 0 saturated heterocycles. The summed E-state index contributed by atoms with van der Waals surface area (Å²) in [5.74, 6) is 0. The molecule has 1 aromatic heterocycles. The molecule has 0 aromatic carbocycles. The minimum absolute atomic E-state index is 0.181. The molecule has 1 unspecified atom stereocenters. The fourth-order valence-corrected chi connectivity index (χ4v) is 1.55. The summed E-state index contributed by atoms with van der Waals surface area (Å²) in [5.41, 5.74) is 2.46. The Kier molecular flexibility index (Phi) is 2.24. The predicted molar refractivity (Wildman–Crippen MR) is 60.7 cm³/mol. The fraction of sp³-hybridized carbons (Fsp3) is 0.308. The molecular formula is C13H15N. The molecule has 0 saturated carbocycles. The van der Waals surface area contributed by atoms with Gasteiger partial charge in [-0.05, 0) is 24.1 Å². The fourth-order valence-electron chi connectivity index (χ4n) is 1.55. The number of hydrogen-bond acceptors (Lipinski definition) is 1. The Bertz CT molecular complexity index is 355. The number of nitrogens with zero attached hydrogens (tertiary/aromatic N) is 1. The Balaban J connectivity index is 2.47. The SMILES string of the molecule is CCC1(C)C=Cc2cccnc2C=C1. The lowest BCUT2D eigenvalue weighted by Gasteiger charge is -2.17. The molecule has 0 amide bonds. The van der Waals surface area contributed by atoms with Crippen molar-refractivity contribution in [1.82, 2.24) is 4.98 Å². The van der Waals surface area contributed by atoms with Gasteiger partial charge < -0.3 is 0 Å². The summed E-state index contributed by atoms with van der Waals surface area (Å²) in [5, 5.41) is 0. The van der Waals surface area contributed by atoms with Crippen molar-refractivity contribution in [3.63, 3.8) is 0 Å². The van der Waals surface area contributed by atoms with Crippen LogP contribution in [0.2, 0.25) is 0 Å². The summed E-state index contributed by atoms with van der Waals surface area (Å²) in [7, 11) is 0. The molecular weight excluding hydrogens is 170 g/mol. The number of hydrogen-bond donors (Lipinski definition) is 0. The number of pyridine rings is 1. The summed E-state index contributed by atoms with van der Waals surface area (Å²) in [6, 6.07) is 4.08. The van der Waals surface area contributed by atoms with E-state index in [4.69, 9.17) is 0 Å². The molecule has 1 heterocycles. The van der Waals surface area contributed by atoms with Gasteiger partial charge in [0.2, 0.25) is 0 Å². The molecule has 0 radical (unpaired) electrons. The van der Waals surface area contributed by atoms with Crippen LogP contribution in [0, 0.1) is 5.41 Å². The van der Waals surface area contributed by atoms with Crippen LogP contribution >= 0.6 is 0 Å². The summed E-state index contributed by atoms with van der Waals surface area (Å²) in [6.07, 6.45) is 11.8. The van der Waals surface area contributed by atoms with Crippen LogP contribution in [0.3, 0.4) is 0 Å². The Morgan fingerprint density at radius 1 is 1.29 bits per heavy atom. The highest BCUT2D eigenvalue weighted by atomic mass is 14.7. The van der Waals surface area contributed by atoms with Crippen LogP contribution in [0.4, 0.5) is 0 Å². The Morgan fingerprint density at radius 3 is 2.86 bits per heavy atom. The van der Waals surface area contributed by atoms with E-state index in [1.165, 1.54) is 5.56 Å². The van der Waals surface area contributed by atoms with Crippen LogP contribution in [0.1, 0.15) is 31.5 Å². The molecule has 72 valence electrons. The van der Waals surface area contributed by atoms with Crippen LogP contribution in [-0.4, -0.2) is 4.98 Å². The third-order valence-corrected chi connectivity index (χ3v) is 2.90. The first-order chi connectivity index (χ1) is 6.73. The summed E-state index contributed by atoms with van der Waals surface area (Å²) in [4.78, 5) is 4.34. The van der Waals surface area contributed by atoms with E-state index in [0.717, 1.165) is 12.1 Å². The molecule has 1 aromatic rings. The molecule has 0 N–H and O–H groups in total. The van der Waals surface area contributed by atoms with Gasteiger partial charge in [0.25, 0.3) is 0 Å². The van der Waals surface area contributed by atoms with Crippen molar-refractivity contribution >= 4 is 12.2 Å². The van der Waals surface area contributed by atoms with Crippen LogP contribution in [0.5, 0.6) is 0 Å². The van der Waals surface area contributed by atoms with E-state index >= 15 is 0 Å². The molecule has 0 spiro atoms. The lowest BCUT2D eigenvalue weighted by atomic mass is 9.87. The van der Waals surface area contributed by atoms with E-state index in [-0.39, 0.29) is 5.41 Å². The van der Waals surface area contributed by atoms with Gasteiger partial charge in [-0.25, -0.2) is 0 Å². The van der Waals surface area contributed by atoms with Crippen molar-refractivity contribution in [2.45, 2.75) is 20.3 Å². The Morgan fingerprint density at radius 2 is 2.07 bits per heavy atom. The molecule has 0 bridgehead atoms. The van der Waals surface area contributed by atoms with Gasteiger partial charge in [0.1, 0.15) is 0 Å². The second-order valence-corrected chi connectivity index (χ2v) is 4.00. The first-order valence-electron chi connectivity index (χ1n) is 5.07. The maximum atomic E-state index is 4.34. The van der Waals surface area contributed by atoms with Crippen molar-refractivity contribution in [1.29, 1.82) is 0 Å². The second kappa shape index (κ2) is 3.41. The van der Waals surface area contributed by atoms with Gasteiger partial charge in [-0.1, -0.05) is 38.1 Å². The topological polar surface area (TPSA) is 12.9 Å². The van der Waals surface area contributed by atoms with E-state index in [2.05, 4.69) is 49.2 Å². The highest BCUT2D eigenvalue weighted by Crippen LogP contribution is 2.30. The van der Waals surface area contributed by atoms with Gasteiger partial charge in [-0.15, -0.1) is 0 Å². The standard InChI is InChI=1S/C13H15N/c1-3-13(2)8-6-11-5-4-10-14-12(11)7-9-13/h4-10H,3H2,1-2H3. The van der Waals surface area contributed by atoms with Crippen LogP contribution in [-0.2, 0) is 0 Å². The second-order valence-electron chi connectivity index (χ2n) is 4.00. The lowest BCUT2D eigenvalue weighted by molar-refractivity contribution is 0.536. The van der Waals surface area contributed by atoms with Crippen molar-refractivity contribution in [3.05, 3.63) is 41.7 Å². The number of allylic oxidation sites excluding steroid dienone is 2. The molecule has 1 heteroatoms. The zero-order valence-corrected chi connectivity index (χ0v) is 8.70. The molecule has 0 aliphatic heterocycles. The number of fused-ring (bicyclic) bond motifs is 1. The lowest BCUT2D eigenvalue weighted by Crippen LogP contribution is -2.05. The van der Waals surface area contributed by atoms with Gasteiger partial charge >= 0.3 is 0 Å². The average Bonchev–Trinajstić information content (AvgIpc) is 2.40. The number of rotatable bonds is 1. The third kappa shape index (κ3) is 1.63. The van der Waals surface area contributed by atoms with E-state index in [1.807, 2.05) is 12.3 Å². The Hall–Kier alpha value is -1.37. The molecule has 2 rings (SSSR count). The molecule has 14 heavy (non-hydrogen) atoms. The van der Waals surface area contributed by atoms with Gasteiger partial charge in [0, 0.05) is 11.6 Å². The highest BCUT2D eigenvalue weighted by molar-refractivity contribution is 5.65. The first kappa shape index (κ1) is 9.20. The van der Waals surface area contributed by atoms with Gasteiger partial charge in [-0.3, -0.25) is 4.98 Å². The minimum Gasteiger partial charge on any atom is -0.256 e. The van der Waals surface area contributed by atoms with E-state index in [9.17, 15) is 0 Å². The largest absolute Gasteiger partial charge is 0.256 e. The Labute approximate surface area is 85.2 Å². The molecule has 0 fully saturated rings. The first-order valence-corrected chi connectivity index (χ1v) is 5.07. The zero-order valence-electron chi connectivity index (χ0n) is 8.70. The maximum Gasteiger partial charge on any atom is 0.0698 e. The van der Waals surface area contributed by atoms with Crippen molar-refractivity contribution in [3.8, 4) is 0 Å². The van der Waals surface area contributed by atoms with Gasteiger partial charge in [0.15, 0.2) is 0 Å². The smallest absolute Gasteiger partial charge is 0.0698 e. The predicted octanol–water partition coefficient (Wildman–Crippen LogP) is 3.54. The van der Waals surface area contributed by atoms with Gasteiger partial charge in [-0.2, -0.15) is 0 Å². The quantitative estimate of drug-likeness (QED) is 0.652. The molecule has 1 nitrogen and oxygen atoms in total. The van der Waals surface area contributed by atoms with Crippen LogP contribution in [0.25, 0.3) is 12.2 Å². The van der Waals surface area contributed by atoms with Crippen LogP contribution < -0.4 is 0 Å². The maximum absolute atomic E-state index is 4.34. The van der Waals surface area contributed by atoms with Crippen molar-refractivity contribution < 1.29 is 0 Å². The van der Waals surface area contributed by atoms with Crippen molar-refractivity contribution in [2.75, 3.05) is 0 Å². The third-order valence-electron chi connectivity index (χ3n) is 2.90. The number of aromatic nitrogens is 1. The minimum atomic E-state index is 0.181. The average molecular weight is 185 g/mol. The summed E-state index contributed by atoms with van der Waals surface area (Å²) >= 11 is 0. The van der Waals surface area contributed by atoms with E-state index < -0.39 is 0 Å². The van der Waals surface area contributed by atoms with Crippen molar-refractivity contribution in [2.24, 2.45) is 5.41 Å².